The van der Waals surface area contributed by atoms with Crippen LogP contribution < -0.4 is 5.32 Å². The van der Waals surface area contributed by atoms with E-state index in [1.54, 1.807) is 0 Å². The monoisotopic (exact) mass is 301 g/mol. The Bertz CT molecular complexity index is 543. The molecule has 1 aromatic rings. The Morgan fingerprint density at radius 1 is 1.09 bits per heavy atom. The second-order valence-electron chi connectivity index (χ2n) is 6.77. The van der Waals surface area contributed by atoms with Gasteiger partial charge in [-0.05, 0) is 55.9 Å². The van der Waals surface area contributed by atoms with Gasteiger partial charge in [0.1, 0.15) is 5.54 Å². The molecule has 2 saturated carbocycles. The molecule has 2 aliphatic carbocycles. The number of carbonyl (C=O) groups excluding carboxylic acids is 1. The van der Waals surface area contributed by atoms with Crippen LogP contribution in [0.25, 0.3) is 0 Å². The fourth-order valence-corrected chi connectivity index (χ4v) is 3.52. The first-order chi connectivity index (χ1) is 10.6. The lowest BCUT2D eigenvalue weighted by atomic mass is 9.77. The molecule has 0 atom stereocenters. The van der Waals surface area contributed by atoms with E-state index in [-0.39, 0.29) is 5.91 Å². The number of carbonyl (C=O) groups is 2. The van der Waals surface area contributed by atoms with Gasteiger partial charge in [0.25, 0.3) is 0 Å². The van der Waals surface area contributed by atoms with E-state index >= 15 is 0 Å². The zero-order chi connectivity index (χ0) is 15.6. The number of hydrogen-bond acceptors (Lipinski definition) is 2. The zero-order valence-electron chi connectivity index (χ0n) is 12.8. The van der Waals surface area contributed by atoms with E-state index in [1.807, 2.05) is 6.07 Å². The van der Waals surface area contributed by atoms with Crippen LogP contribution in [-0.2, 0) is 9.59 Å². The molecule has 1 aromatic carbocycles. The Balaban J connectivity index is 1.46. The second kappa shape index (κ2) is 6.11. The van der Waals surface area contributed by atoms with E-state index in [9.17, 15) is 9.59 Å². The predicted octanol–water partition coefficient (Wildman–Crippen LogP) is 3.08. The Labute approximate surface area is 130 Å². The fourth-order valence-electron chi connectivity index (χ4n) is 3.52. The highest BCUT2D eigenvalue weighted by Gasteiger charge is 2.51. The van der Waals surface area contributed by atoms with E-state index in [4.69, 9.17) is 5.11 Å². The highest BCUT2D eigenvalue weighted by molar-refractivity contribution is 5.89. The number of aliphatic carboxylic acids is 1. The van der Waals surface area contributed by atoms with Gasteiger partial charge in [-0.15, -0.1) is 0 Å². The predicted molar refractivity (Wildman–Crippen MR) is 83.5 cm³/mol. The molecule has 0 bridgehead atoms. The van der Waals surface area contributed by atoms with Gasteiger partial charge >= 0.3 is 5.97 Å². The third-order valence-electron chi connectivity index (χ3n) is 5.13. The van der Waals surface area contributed by atoms with Crippen molar-refractivity contribution in [3.8, 4) is 0 Å². The maximum absolute atomic E-state index is 12.0. The summed E-state index contributed by atoms with van der Waals surface area (Å²) < 4.78 is 0. The van der Waals surface area contributed by atoms with E-state index in [0.717, 1.165) is 25.7 Å². The molecule has 0 spiro atoms. The number of carboxylic acids is 1. The summed E-state index contributed by atoms with van der Waals surface area (Å²) in [7, 11) is 0. The minimum absolute atomic E-state index is 0.0944. The van der Waals surface area contributed by atoms with Crippen LogP contribution in [0.4, 0.5) is 0 Å². The highest BCUT2D eigenvalue weighted by atomic mass is 16.4. The largest absolute Gasteiger partial charge is 0.480 e. The van der Waals surface area contributed by atoms with Crippen molar-refractivity contribution in [3.05, 3.63) is 35.9 Å². The number of rotatable bonds is 5. The summed E-state index contributed by atoms with van der Waals surface area (Å²) in [6.07, 6.45) is 5.93. The normalized spacial score (nSPS) is 26.2. The maximum Gasteiger partial charge on any atom is 0.329 e. The smallest absolute Gasteiger partial charge is 0.329 e. The molecule has 118 valence electrons. The van der Waals surface area contributed by atoms with E-state index in [0.29, 0.717) is 31.1 Å². The molecule has 4 nitrogen and oxygen atoms in total. The lowest BCUT2D eigenvalue weighted by Gasteiger charge is -2.28. The van der Waals surface area contributed by atoms with Crippen molar-refractivity contribution in [2.24, 2.45) is 5.92 Å². The van der Waals surface area contributed by atoms with Crippen molar-refractivity contribution in [1.82, 2.24) is 5.32 Å². The van der Waals surface area contributed by atoms with Crippen molar-refractivity contribution in [2.75, 3.05) is 0 Å². The summed E-state index contributed by atoms with van der Waals surface area (Å²) in [4.78, 5) is 23.1. The molecule has 2 aliphatic rings. The van der Waals surface area contributed by atoms with Gasteiger partial charge in [0.2, 0.25) is 5.91 Å². The first kappa shape index (κ1) is 15.1. The van der Waals surface area contributed by atoms with Crippen molar-refractivity contribution >= 4 is 11.9 Å². The quantitative estimate of drug-likeness (QED) is 0.878. The number of nitrogens with one attached hydrogen (secondary N) is 1. The highest BCUT2D eigenvalue weighted by Crippen LogP contribution is 2.38. The first-order valence-corrected chi connectivity index (χ1v) is 8.18. The molecule has 0 radical (unpaired) electrons. The molecule has 0 saturated heterocycles. The van der Waals surface area contributed by atoms with Crippen LogP contribution in [0.2, 0.25) is 0 Å². The summed E-state index contributed by atoms with van der Waals surface area (Å²) >= 11 is 0. The Morgan fingerprint density at radius 3 is 2.27 bits per heavy atom. The zero-order valence-corrected chi connectivity index (χ0v) is 12.8. The van der Waals surface area contributed by atoms with Crippen molar-refractivity contribution < 1.29 is 14.7 Å². The Kier molecular flexibility index (Phi) is 4.19. The number of amides is 1. The van der Waals surface area contributed by atoms with Gasteiger partial charge in [-0.3, -0.25) is 4.79 Å². The Morgan fingerprint density at radius 2 is 1.73 bits per heavy atom. The minimum atomic E-state index is -0.946. The van der Waals surface area contributed by atoms with E-state index in [1.165, 1.54) is 5.56 Å². The SMILES string of the molecule is O=C(CC1CCC(c2ccccc2)CC1)NC1(C(=O)O)CC1. The van der Waals surface area contributed by atoms with Crippen LogP contribution >= 0.6 is 0 Å². The van der Waals surface area contributed by atoms with Crippen LogP contribution in [0.1, 0.15) is 56.4 Å². The molecule has 0 aliphatic heterocycles. The van der Waals surface area contributed by atoms with Gasteiger partial charge in [-0.2, -0.15) is 0 Å². The molecular formula is C18H23NO3. The third kappa shape index (κ3) is 3.32. The van der Waals surface area contributed by atoms with Gasteiger partial charge in [-0.1, -0.05) is 30.3 Å². The van der Waals surface area contributed by atoms with Gasteiger partial charge < -0.3 is 10.4 Å². The number of carboxylic acid groups (broad SMARTS) is 1. The molecular weight excluding hydrogens is 278 g/mol. The average molecular weight is 301 g/mol. The molecule has 0 unspecified atom stereocenters. The van der Waals surface area contributed by atoms with Gasteiger partial charge in [0.15, 0.2) is 0 Å². The van der Waals surface area contributed by atoms with E-state index < -0.39 is 11.5 Å². The molecule has 22 heavy (non-hydrogen) atoms. The van der Waals surface area contributed by atoms with Crippen molar-refractivity contribution in [3.63, 3.8) is 0 Å². The Hall–Kier alpha value is -1.84. The lowest BCUT2D eigenvalue weighted by molar-refractivity contribution is -0.143. The number of benzene rings is 1. The number of hydrogen-bond donors (Lipinski definition) is 2. The molecule has 2 N–H and O–H groups in total. The summed E-state index contributed by atoms with van der Waals surface area (Å²) in [5.74, 6) is 0.00978. The second-order valence-corrected chi connectivity index (χ2v) is 6.77. The van der Waals surface area contributed by atoms with Gasteiger partial charge in [-0.25, -0.2) is 4.79 Å². The summed E-state index contributed by atoms with van der Waals surface area (Å²) in [5.41, 5.74) is 0.450. The average Bonchev–Trinajstić information content (AvgIpc) is 3.30. The van der Waals surface area contributed by atoms with Crippen LogP contribution in [0.5, 0.6) is 0 Å². The van der Waals surface area contributed by atoms with Crippen molar-refractivity contribution in [1.29, 1.82) is 0 Å². The lowest BCUT2D eigenvalue weighted by Crippen LogP contribution is -2.43. The van der Waals surface area contributed by atoms with Crippen LogP contribution in [0.3, 0.4) is 0 Å². The fraction of sp³-hybridized carbons (Fsp3) is 0.556. The minimum Gasteiger partial charge on any atom is -0.480 e. The molecule has 2 fully saturated rings. The molecule has 0 heterocycles. The summed E-state index contributed by atoms with van der Waals surface area (Å²) in [5, 5.41) is 11.8. The first-order valence-electron chi connectivity index (χ1n) is 8.18. The molecule has 1 amide bonds. The summed E-state index contributed by atoms with van der Waals surface area (Å²) in [6.45, 7) is 0. The third-order valence-corrected chi connectivity index (χ3v) is 5.13. The van der Waals surface area contributed by atoms with Crippen LogP contribution in [0.15, 0.2) is 30.3 Å². The molecule has 0 aromatic heterocycles. The standard InChI is InChI=1S/C18H23NO3/c20-16(19-18(10-11-18)17(21)22)12-13-6-8-15(9-7-13)14-4-2-1-3-5-14/h1-5,13,15H,6-12H2,(H,19,20)(H,21,22). The van der Waals surface area contributed by atoms with E-state index in [2.05, 4.69) is 29.6 Å². The molecule has 3 rings (SSSR count). The topological polar surface area (TPSA) is 66.4 Å². The molecule has 4 heteroatoms. The van der Waals surface area contributed by atoms with Crippen LogP contribution in [-0.4, -0.2) is 22.5 Å². The summed E-state index contributed by atoms with van der Waals surface area (Å²) in [6, 6.07) is 10.6. The van der Waals surface area contributed by atoms with Crippen LogP contribution in [0, 0.1) is 5.92 Å². The maximum atomic E-state index is 12.0. The van der Waals surface area contributed by atoms with Gasteiger partial charge in [0.05, 0.1) is 0 Å². The van der Waals surface area contributed by atoms with Crippen molar-refractivity contribution in [2.45, 2.75) is 56.4 Å². The van der Waals surface area contributed by atoms with Gasteiger partial charge in [0, 0.05) is 6.42 Å².